The van der Waals surface area contributed by atoms with Crippen LogP contribution in [0.15, 0.2) is 168 Å². The molecule has 484 valence electrons. The smallest absolute Gasteiger partial charge is 0.268 e. The third-order valence-corrected chi connectivity index (χ3v) is 24.3. The maximum absolute atomic E-state index is 14.6. The highest BCUT2D eigenvalue weighted by molar-refractivity contribution is 7.86. The molecule has 2 saturated carbocycles. The second-order valence-corrected chi connectivity index (χ2v) is 30.1. The van der Waals surface area contributed by atoms with Crippen LogP contribution in [-0.4, -0.2) is 70.0 Å². The van der Waals surface area contributed by atoms with Crippen molar-refractivity contribution in [1.29, 1.82) is 0 Å². The number of nitrogens with two attached hydrogens (primary N) is 2. The van der Waals surface area contributed by atoms with Crippen LogP contribution in [0.25, 0.3) is 10.8 Å². The van der Waals surface area contributed by atoms with Crippen LogP contribution in [0.1, 0.15) is 169 Å². The first-order valence-electron chi connectivity index (χ1n) is 33.9. The molecule has 4 aliphatic carbocycles. The van der Waals surface area contributed by atoms with Gasteiger partial charge in [-0.2, -0.15) is 8.42 Å². The maximum Gasteiger partial charge on any atom is 0.268 e. The number of aliphatic hydroxyl groups is 3. The average Bonchev–Trinajstić information content (AvgIpc) is 1.35. The van der Waals surface area contributed by atoms with Crippen LogP contribution in [0.4, 0.5) is 0 Å². The van der Waals surface area contributed by atoms with Gasteiger partial charge in [-0.15, -0.1) is 0 Å². The van der Waals surface area contributed by atoms with E-state index in [1.807, 2.05) is 43.4 Å². The van der Waals surface area contributed by atoms with Gasteiger partial charge in [0.25, 0.3) is 10.1 Å². The number of aliphatic imine (C=N–C) groups is 1. The fourth-order valence-electron chi connectivity index (χ4n) is 18.6. The second-order valence-electron chi connectivity index (χ2n) is 28.5. The van der Waals surface area contributed by atoms with Crippen molar-refractivity contribution in [2.45, 2.75) is 156 Å². The first kappa shape index (κ1) is 63.1. The molecule has 10 N–H and O–H groups in total. The molecule has 16 rings (SSSR count). The van der Waals surface area contributed by atoms with E-state index >= 15 is 0 Å². The molecule has 0 amide bonds. The van der Waals surface area contributed by atoms with E-state index in [2.05, 4.69) is 133 Å². The molecule has 16 atom stereocenters. The lowest BCUT2D eigenvalue weighted by atomic mass is 9.53. The van der Waals surface area contributed by atoms with E-state index in [0.29, 0.717) is 74.7 Å². The fraction of sp³-hybridized carbons (Fsp3) is 0.430. The molecule has 3 fully saturated rings. The molecule has 0 radical (unpaired) electrons. The second kappa shape index (κ2) is 25.8. The molecule has 5 aliphatic heterocycles. The predicted molar refractivity (Wildman–Crippen MR) is 364 cm³/mol. The van der Waals surface area contributed by atoms with Crippen molar-refractivity contribution in [2.75, 3.05) is 13.7 Å². The van der Waals surface area contributed by atoms with Gasteiger partial charge in [0.1, 0.15) is 17.6 Å². The van der Waals surface area contributed by atoms with Crippen molar-refractivity contribution in [1.82, 2.24) is 5.32 Å². The first-order chi connectivity index (χ1) is 44.9. The van der Waals surface area contributed by atoms with Gasteiger partial charge in [0.05, 0.1) is 23.1 Å². The van der Waals surface area contributed by atoms with Gasteiger partial charge in [0, 0.05) is 60.4 Å². The quantitative estimate of drug-likeness (QED) is 0.0188. The number of phenols is 1. The number of benzene rings is 7. The Morgan fingerprint density at radius 3 is 2.37 bits per heavy atom. The number of aromatic hydroxyl groups is 1. The average molecular weight is 1270 g/mol. The van der Waals surface area contributed by atoms with E-state index in [1.165, 1.54) is 5.56 Å². The van der Waals surface area contributed by atoms with Crippen molar-refractivity contribution in [3.63, 3.8) is 0 Å². The van der Waals surface area contributed by atoms with Gasteiger partial charge in [0.2, 0.25) is 5.72 Å². The third kappa shape index (κ3) is 12.3. The fourth-order valence-corrected chi connectivity index (χ4v) is 19.7. The number of allylic oxidation sites excluding steroid dienone is 1. The van der Waals surface area contributed by atoms with Gasteiger partial charge in [-0.1, -0.05) is 146 Å². The number of ether oxygens (including phenoxy) is 2. The molecule has 1 saturated heterocycles. The summed E-state index contributed by atoms with van der Waals surface area (Å²) in [5.41, 5.74) is 22.0. The highest BCUT2D eigenvalue weighted by atomic mass is 32.2. The summed E-state index contributed by atoms with van der Waals surface area (Å²) in [7, 11) is -2.78. The first-order valence-corrected chi connectivity index (χ1v) is 35.4. The lowest BCUT2D eigenvalue weighted by Gasteiger charge is -2.57. The standard InChI is InChI=1S/C79H88N4O9S/c1-47-15-16-56-39-64-29-31-67(56)69(47)43-74(93(88,89)90)70-41-60-37-59(40-65-35-49(46-84)11-8-13-55-38-63(85)28-30-68(55)76(60)91-65)75(70)53-21-25-62(26-22-53)79(92-64,83-77(80)81)71-32-27-61-24-23-57(44-78(61,87)72(71)36-48-9-4-3-5-10-48)51-17-19-52(20-18-51)73(86)42-58-34-50(45-82-2)33-54-12-6-7-14-66(54)58/h3-7,9-10,12,14,17-22,25-26,28-31,33-34,38-39,41,47,49,57,59,61,65,69-76,82,84-87H,11,15-16,23-24,27,32,35-37,40,42-46H2,1-2H3,(H4,80,81,83)(H,88,89,90)/t47-,49+,57-,59-,61-,65-,69+,70-,71-,72-,73+,74-,75+,76-,78+,79+/m1/s1. The molecule has 7 aromatic rings. The molecule has 0 aromatic heterocycles. The number of rotatable bonds is 12. The molecule has 13 nitrogen and oxygen atoms in total. The predicted octanol–water partition coefficient (Wildman–Crippen LogP) is 12.9. The Kier molecular flexibility index (Phi) is 17.5. The molecule has 0 unspecified atom stereocenters. The summed E-state index contributed by atoms with van der Waals surface area (Å²) in [6, 6.07) is 51.1. The summed E-state index contributed by atoms with van der Waals surface area (Å²) in [5, 5.41) is 52.1. The highest BCUT2D eigenvalue weighted by Gasteiger charge is 2.60. The molecule has 10 bridgehead atoms. The van der Waals surface area contributed by atoms with E-state index in [4.69, 9.17) is 25.9 Å². The lowest BCUT2D eigenvalue weighted by molar-refractivity contribution is -0.177. The Balaban J connectivity index is 0.878. The van der Waals surface area contributed by atoms with Gasteiger partial charge in [-0.3, -0.25) is 4.55 Å². The molecule has 7 aromatic carbocycles. The third-order valence-electron chi connectivity index (χ3n) is 23.0. The number of hydrogen-bond donors (Lipinski definition) is 8. The number of phenolic OH excluding ortho intramolecular Hbond substituents is 1. The van der Waals surface area contributed by atoms with E-state index in [9.17, 15) is 33.4 Å². The summed E-state index contributed by atoms with van der Waals surface area (Å²) < 4.78 is 56.1. The molecular formula is C79H88N4O9S. The highest BCUT2D eigenvalue weighted by Crippen LogP contribution is 2.60. The largest absolute Gasteiger partial charge is 0.508 e. The Morgan fingerprint density at radius 2 is 1.59 bits per heavy atom. The topological polar surface area (TPSA) is 230 Å². The van der Waals surface area contributed by atoms with Crippen molar-refractivity contribution in [3.05, 3.63) is 225 Å². The Hall–Kier alpha value is -7.32. The van der Waals surface area contributed by atoms with E-state index in [0.717, 1.165) is 93.1 Å². The number of aliphatic hydroxyl groups excluding tert-OH is 2. The van der Waals surface area contributed by atoms with Crippen LogP contribution >= 0.6 is 0 Å². The van der Waals surface area contributed by atoms with Crippen LogP contribution in [0, 0.1) is 53.3 Å². The summed E-state index contributed by atoms with van der Waals surface area (Å²) in [5.74, 6) is 4.47. The van der Waals surface area contributed by atoms with Crippen LogP contribution < -0.4 is 21.5 Å². The van der Waals surface area contributed by atoms with Crippen molar-refractivity contribution in [3.8, 4) is 23.3 Å². The summed E-state index contributed by atoms with van der Waals surface area (Å²) in [4.78, 5) is 5.37. The van der Waals surface area contributed by atoms with Crippen LogP contribution in [-0.2, 0) is 46.4 Å². The van der Waals surface area contributed by atoms with Crippen LogP contribution in [0.2, 0.25) is 0 Å². The molecule has 9 aliphatic rings. The molecule has 93 heavy (non-hydrogen) atoms. The number of fused-ring (bicyclic) bond motifs is 10. The lowest BCUT2D eigenvalue weighted by Crippen LogP contribution is -2.60. The zero-order chi connectivity index (χ0) is 64.3. The zero-order valence-corrected chi connectivity index (χ0v) is 54.1. The summed E-state index contributed by atoms with van der Waals surface area (Å²) >= 11 is 0. The Morgan fingerprint density at radius 1 is 0.828 bits per heavy atom. The molecule has 14 heteroatoms. The van der Waals surface area contributed by atoms with Crippen molar-refractivity contribution >= 4 is 26.9 Å². The zero-order valence-electron chi connectivity index (χ0n) is 53.3. The SMILES string of the molecule is CNCc1cc(C[C@H](O)c2ccc([C@@H]3CC[C@@H]4CC[C@@H]([C@@]5(N=C(N)N)Oc6ccc7c(c6)CC[C@@H](C)[C@@H]7C[C@@H](S(=O)(=O)O)[C@H]6C=C7C[C@H](C[C@H]8C[C@@H](CO)CC#Cc9cc(O)ccc9[C@@H]7O8)[C@@H]6c6ccc5cc6)[C@@H](Cc5ccccc5)[C@]4(O)C3)cc2)c2ccccc2c1. The monoisotopic (exact) mass is 1270 g/mol. The Bertz CT molecular complexity index is 4140. The number of nitrogens with zero attached hydrogens (tertiary/aromatic N) is 1. The van der Waals surface area contributed by atoms with Crippen LogP contribution in [0.3, 0.4) is 0 Å². The van der Waals surface area contributed by atoms with E-state index in [-0.39, 0.29) is 66.3 Å². The minimum Gasteiger partial charge on any atom is -0.508 e. The van der Waals surface area contributed by atoms with Crippen molar-refractivity contribution in [2.24, 2.45) is 57.9 Å². The summed E-state index contributed by atoms with van der Waals surface area (Å²) in [6.45, 7) is 2.83. The number of guanidine groups is 1. The van der Waals surface area contributed by atoms with Gasteiger partial charge in [-0.25, -0.2) is 4.99 Å². The Labute approximate surface area is 547 Å². The van der Waals surface area contributed by atoms with Crippen molar-refractivity contribution < 1.29 is 42.9 Å². The number of aryl methyl sites for hydroxylation is 1. The van der Waals surface area contributed by atoms with Gasteiger partial charge in [-0.05, 0) is 217 Å². The minimum absolute atomic E-state index is 0.00638. The minimum atomic E-state index is -4.73. The molecular weight excluding hydrogens is 1180 g/mol. The molecule has 0 spiro atoms. The normalized spacial score (nSPS) is 30.9. The van der Waals surface area contributed by atoms with Crippen LogP contribution in [0.5, 0.6) is 11.5 Å². The van der Waals surface area contributed by atoms with E-state index < -0.39 is 62.6 Å². The molecule has 5 heterocycles. The summed E-state index contributed by atoms with van der Waals surface area (Å²) in [6.07, 6.45) is 8.73. The van der Waals surface area contributed by atoms with Gasteiger partial charge < -0.3 is 46.7 Å². The number of hydrogen-bond acceptors (Lipinski definition) is 10. The number of nitrogens with one attached hydrogen (secondary N) is 1. The maximum atomic E-state index is 14.6. The van der Waals surface area contributed by atoms with E-state index in [1.54, 1.807) is 12.1 Å². The van der Waals surface area contributed by atoms with Gasteiger partial charge >= 0.3 is 0 Å². The van der Waals surface area contributed by atoms with Gasteiger partial charge in [0.15, 0.2) is 5.96 Å².